The van der Waals surface area contributed by atoms with E-state index in [0.717, 1.165) is 16.7 Å². The highest BCUT2D eigenvalue weighted by atomic mass is 35.5. The smallest absolute Gasteiger partial charge is 0.277 e. The molecular formula is C19H18ClN3O3S. The highest BCUT2D eigenvalue weighted by Gasteiger charge is 2.12. The molecular weight excluding hydrogens is 386 g/mol. The van der Waals surface area contributed by atoms with Crippen LogP contribution in [0.15, 0.2) is 46.0 Å². The van der Waals surface area contributed by atoms with E-state index in [4.69, 9.17) is 20.8 Å². The van der Waals surface area contributed by atoms with E-state index >= 15 is 0 Å². The number of aryl methyl sites for hydroxylation is 2. The van der Waals surface area contributed by atoms with Gasteiger partial charge in [-0.15, -0.1) is 10.2 Å². The molecule has 2 aromatic carbocycles. The lowest BCUT2D eigenvalue weighted by Gasteiger charge is -2.07. The average Bonchev–Trinajstić information content (AvgIpc) is 3.08. The number of amides is 1. The number of anilines is 1. The first-order chi connectivity index (χ1) is 12.9. The van der Waals surface area contributed by atoms with Crippen LogP contribution < -0.4 is 10.1 Å². The Labute approximate surface area is 166 Å². The first kappa shape index (κ1) is 19.3. The van der Waals surface area contributed by atoms with Crippen LogP contribution in [-0.4, -0.2) is 29.0 Å². The second-order valence-corrected chi connectivity index (χ2v) is 7.27. The van der Waals surface area contributed by atoms with Crippen molar-refractivity contribution in [1.29, 1.82) is 0 Å². The second kappa shape index (κ2) is 8.45. The van der Waals surface area contributed by atoms with Gasteiger partial charge in [0.1, 0.15) is 5.75 Å². The third-order valence-corrected chi connectivity index (χ3v) is 4.75. The van der Waals surface area contributed by atoms with E-state index in [-0.39, 0.29) is 11.7 Å². The van der Waals surface area contributed by atoms with Gasteiger partial charge >= 0.3 is 0 Å². The number of thioether (sulfide) groups is 1. The summed E-state index contributed by atoms with van der Waals surface area (Å²) in [4.78, 5) is 12.1. The average molecular weight is 404 g/mol. The maximum atomic E-state index is 12.1. The number of nitrogens with zero attached hydrogens (tertiary/aromatic N) is 2. The van der Waals surface area contributed by atoms with Crippen molar-refractivity contribution in [3.05, 3.63) is 52.5 Å². The van der Waals surface area contributed by atoms with Crippen molar-refractivity contribution in [2.45, 2.75) is 19.1 Å². The summed E-state index contributed by atoms with van der Waals surface area (Å²) in [6, 6.07) is 11.1. The maximum absolute atomic E-state index is 12.1. The number of methoxy groups -OCH3 is 1. The van der Waals surface area contributed by atoms with Crippen LogP contribution in [0.25, 0.3) is 11.5 Å². The fourth-order valence-electron chi connectivity index (χ4n) is 2.55. The summed E-state index contributed by atoms with van der Waals surface area (Å²) in [5.74, 6) is 0.922. The number of aromatic nitrogens is 2. The summed E-state index contributed by atoms with van der Waals surface area (Å²) in [5.41, 5.74) is 3.70. The van der Waals surface area contributed by atoms with E-state index in [9.17, 15) is 4.79 Å². The third kappa shape index (κ3) is 5.02. The first-order valence-corrected chi connectivity index (χ1v) is 9.49. The Morgan fingerprint density at radius 2 is 1.93 bits per heavy atom. The van der Waals surface area contributed by atoms with Crippen molar-refractivity contribution in [3.63, 3.8) is 0 Å². The van der Waals surface area contributed by atoms with Crippen LogP contribution in [0.2, 0.25) is 5.02 Å². The summed E-state index contributed by atoms with van der Waals surface area (Å²) in [7, 11) is 1.53. The van der Waals surface area contributed by atoms with Gasteiger partial charge in [0.15, 0.2) is 0 Å². The van der Waals surface area contributed by atoms with Crippen molar-refractivity contribution in [2.24, 2.45) is 0 Å². The van der Waals surface area contributed by atoms with Gasteiger partial charge in [-0.3, -0.25) is 4.79 Å². The molecule has 0 fully saturated rings. The predicted molar refractivity (Wildman–Crippen MR) is 107 cm³/mol. The van der Waals surface area contributed by atoms with Crippen LogP contribution in [-0.2, 0) is 4.79 Å². The Morgan fingerprint density at radius 1 is 1.19 bits per heavy atom. The Kier molecular flexibility index (Phi) is 6.03. The Balaban J connectivity index is 1.59. The van der Waals surface area contributed by atoms with Crippen molar-refractivity contribution in [2.75, 3.05) is 18.2 Å². The van der Waals surface area contributed by atoms with Crippen LogP contribution in [0.1, 0.15) is 11.1 Å². The predicted octanol–water partition coefficient (Wildman–Crippen LogP) is 4.75. The van der Waals surface area contributed by atoms with Gasteiger partial charge in [-0.05, 0) is 44.2 Å². The molecule has 0 radical (unpaired) electrons. The zero-order valence-corrected chi connectivity index (χ0v) is 16.6. The minimum Gasteiger partial charge on any atom is -0.495 e. The van der Waals surface area contributed by atoms with E-state index in [1.54, 1.807) is 18.2 Å². The normalized spacial score (nSPS) is 10.7. The first-order valence-electron chi connectivity index (χ1n) is 8.13. The monoisotopic (exact) mass is 403 g/mol. The number of carbonyl (C=O) groups is 1. The van der Waals surface area contributed by atoms with Gasteiger partial charge in [0, 0.05) is 11.3 Å². The summed E-state index contributed by atoms with van der Waals surface area (Å²) in [5, 5.41) is 11.6. The van der Waals surface area contributed by atoms with Gasteiger partial charge in [0.05, 0.1) is 17.9 Å². The number of carbonyl (C=O) groups excluding carboxylic acids is 1. The van der Waals surface area contributed by atoms with Crippen LogP contribution in [0.3, 0.4) is 0 Å². The molecule has 0 aliphatic rings. The molecule has 0 bridgehead atoms. The van der Waals surface area contributed by atoms with E-state index in [1.807, 2.05) is 26.0 Å². The zero-order chi connectivity index (χ0) is 19.4. The third-order valence-electron chi connectivity index (χ3n) is 3.64. The molecule has 0 saturated carbocycles. The summed E-state index contributed by atoms with van der Waals surface area (Å²) < 4.78 is 10.7. The molecule has 1 heterocycles. The molecule has 1 N–H and O–H groups in total. The van der Waals surface area contributed by atoms with Gasteiger partial charge in [0.2, 0.25) is 11.8 Å². The number of benzene rings is 2. The fourth-order valence-corrected chi connectivity index (χ4v) is 3.37. The summed E-state index contributed by atoms with van der Waals surface area (Å²) in [6.45, 7) is 4.02. The molecule has 140 valence electrons. The minimum atomic E-state index is -0.201. The number of nitrogens with one attached hydrogen (secondary N) is 1. The lowest BCUT2D eigenvalue weighted by molar-refractivity contribution is -0.113. The number of ether oxygens (including phenoxy) is 1. The molecule has 0 unspecified atom stereocenters. The van der Waals surface area contributed by atoms with Crippen LogP contribution >= 0.6 is 23.4 Å². The summed E-state index contributed by atoms with van der Waals surface area (Å²) in [6.07, 6.45) is 0. The molecule has 0 aliphatic heterocycles. The van der Waals surface area contributed by atoms with Gasteiger partial charge in [-0.2, -0.15) is 0 Å². The Hall–Kier alpha value is -2.51. The van der Waals surface area contributed by atoms with E-state index in [2.05, 4.69) is 21.6 Å². The molecule has 0 saturated heterocycles. The van der Waals surface area contributed by atoms with E-state index < -0.39 is 0 Å². The summed E-state index contributed by atoms with van der Waals surface area (Å²) >= 11 is 7.23. The molecule has 3 aromatic rings. The number of hydrogen-bond donors (Lipinski definition) is 1. The van der Waals surface area contributed by atoms with E-state index in [0.29, 0.717) is 27.6 Å². The molecule has 0 atom stereocenters. The van der Waals surface area contributed by atoms with Crippen molar-refractivity contribution >= 4 is 35.0 Å². The fraction of sp³-hybridized carbons (Fsp3) is 0.211. The van der Waals surface area contributed by atoms with Crippen molar-refractivity contribution < 1.29 is 13.9 Å². The largest absolute Gasteiger partial charge is 0.495 e. The van der Waals surface area contributed by atoms with Crippen molar-refractivity contribution in [3.8, 4) is 17.2 Å². The molecule has 0 spiro atoms. The van der Waals surface area contributed by atoms with Crippen LogP contribution in [0.5, 0.6) is 5.75 Å². The van der Waals surface area contributed by atoms with Gasteiger partial charge in [0.25, 0.3) is 5.22 Å². The lowest BCUT2D eigenvalue weighted by atomic mass is 10.1. The highest BCUT2D eigenvalue weighted by Crippen LogP contribution is 2.28. The number of halogens is 1. The van der Waals surface area contributed by atoms with Gasteiger partial charge in [-0.1, -0.05) is 40.6 Å². The zero-order valence-electron chi connectivity index (χ0n) is 15.1. The molecule has 1 amide bonds. The number of rotatable bonds is 6. The highest BCUT2D eigenvalue weighted by molar-refractivity contribution is 7.99. The van der Waals surface area contributed by atoms with Gasteiger partial charge in [-0.25, -0.2) is 0 Å². The molecule has 1 aromatic heterocycles. The van der Waals surface area contributed by atoms with Crippen molar-refractivity contribution in [1.82, 2.24) is 10.2 Å². The quantitative estimate of drug-likeness (QED) is 0.598. The molecule has 8 heteroatoms. The lowest BCUT2D eigenvalue weighted by Crippen LogP contribution is -2.14. The molecule has 0 aliphatic carbocycles. The SMILES string of the molecule is COc1ccc(NC(=O)CSc2nnc(-c3cc(C)cc(C)c3)o2)cc1Cl. The van der Waals surface area contributed by atoms with Gasteiger partial charge < -0.3 is 14.5 Å². The number of hydrogen-bond acceptors (Lipinski definition) is 6. The van der Waals surface area contributed by atoms with E-state index in [1.165, 1.54) is 18.9 Å². The topological polar surface area (TPSA) is 77.2 Å². The Morgan fingerprint density at radius 3 is 2.59 bits per heavy atom. The Bertz CT molecular complexity index is 954. The van der Waals surface area contributed by atoms with Crippen LogP contribution in [0, 0.1) is 13.8 Å². The van der Waals surface area contributed by atoms with Crippen LogP contribution in [0.4, 0.5) is 5.69 Å². The second-order valence-electron chi connectivity index (χ2n) is 5.94. The molecule has 6 nitrogen and oxygen atoms in total. The molecule has 3 rings (SSSR count). The maximum Gasteiger partial charge on any atom is 0.277 e. The minimum absolute atomic E-state index is 0.137. The molecule has 27 heavy (non-hydrogen) atoms. The standard InChI is InChI=1S/C19H18ClN3O3S/c1-11-6-12(2)8-13(7-11)18-22-23-19(26-18)27-10-17(24)21-14-4-5-16(25-3)15(20)9-14/h4-9H,10H2,1-3H3,(H,21,24).